The van der Waals surface area contributed by atoms with Gasteiger partial charge in [0.05, 0.1) is 0 Å². The molecular formula is C37H74N2. The summed E-state index contributed by atoms with van der Waals surface area (Å²) in [7, 11) is 0. The highest BCUT2D eigenvalue weighted by atomic mass is 15.4. The van der Waals surface area contributed by atoms with Crippen molar-refractivity contribution in [3.05, 3.63) is 12.4 Å². The van der Waals surface area contributed by atoms with Gasteiger partial charge in [-0.3, -0.25) is 0 Å². The SMILES string of the molecule is CCCCCCCCCCCCCCCCCN1C=CN(CCCC)C1CCCCCCCCCCCCC. The molecule has 0 aromatic heterocycles. The van der Waals surface area contributed by atoms with Crippen LogP contribution in [0.15, 0.2) is 12.4 Å². The number of nitrogens with zero attached hydrogens (tertiary/aromatic N) is 2. The Morgan fingerprint density at radius 1 is 0.333 bits per heavy atom. The van der Waals surface area contributed by atoms with Crippen LogP contribution in [0.2, 0.25) is 0 Å². The smallest absolute Gasteiger partial charge is 0.101 e. The Morgan fingerprint density at radius 2 is 0.615 bits per heavy atom. The quantitative estimate of drug-likeness (QED) is 0.0798. The van der Waals surface area contributed by atoms with Gasteiger partial charge in [0.25, 0.3) is 0 Å². The van der Waals surface area contributed by atoms with E-state index >= 15 is 0 Å². The Bertz CT molecular complexity index is 502. The molecule has 1 unspecified atom stereocenters. The molecule has 0 N–H and O–H groups in total. The van der Waals surface area contributed by atoms with Crippen LogP contribution in [0.25, 0.3) is 0 Å². The lowest BCUT2D eigenvalue weighted by Gasteiger charge is -2.33. The van der Waals surface area contributed by atoms with Crippen molar-refractivity contribution < 1.29 is 0 Å². The van der Waals surface area contributed by atoms with Gasteiger partial charge in [-0.15, -0.1) is 0 Å². The molecule has 39 heavy (non-hydrogen) atoms. The van der Waals surface area contributed by atoms with E-state index in [9.17, 15) is 0 Å². The Labute approximate surface area is 248 Å². The van der Waals surface area contributed by atoms with Gasteiger partial charge in [-0.2, -0.15) is 0 Å². The summed E-state index contributed by atoms with van der Waals surface area (Å²) in [5, 5.41) is 0. The second kappa shape index (κ2) is 28.9. The van der Waals surface area contributed by atoms with Crippen LogP contribution in [-0.2, 0) is 0 Å². The fourth-order valence-electron chi connectivity index (χ4n) is 6.34. The molecule has 0 fully saturated rings. The van der Waals surface area contributed by atoms with Crippen molar-refractivity contribution in [1.29, 1.82) is 0 Å². The molecule has 0 amide bonds. The Kier molecular flexibility index (Phi) is 26.9. The minimum atomic E-state index is 0.641. The third-order valence-electron chi connectivity index (χ3n) is 9.07. The van der Waals surface area contributed by atoms with Crippen molar-refractivity contribution in [2.75, 3.05) is 13.1 Å². The maximum absolute atomic E-state index is 2.69. The molecule has 0 saturated heterocycles. The van der Waals surface area contributed by atoms with Crippen molar-refractivity contribution in [2.24, 2.45) is 0 Å². The molecule has 1 aliphatic heterocycles. The first-order valence-corrected chi connectivity index (χ1v) is 18.5. The fraction of sp³-hybridized carbons (Fsp3) is 0.946. The van der Waals surface area contributed by atoms with Crippen LogP contribution in [0.3, 0.4) is 0 Å². The maximum Gasteiger partial charge on any atom is 0.101 e. The average molecular weight is 547 g/mol. The molecule has 1 heterocycles. The van der Waals surface area contributed by atoms with Crippen LogP contribution in [0.1, 0.15) is 207 Å². The van der Waals surface area contributed by atoms with Gasteiger partial charge in [0.15, 0.2) is 0 Å². The summed E-state index contributed by atoms with van der Waals surface area (Å²) in [4.78, 5) is 5.35. The molecule has 0 aromatic carbocycles. The van der Waals surface area contributed by atoms with Crippen LogP contribution in [0.4, 0.5) is 0 Å². The van der Waals surface area contributed by atoms with E-state index in [1.807, 2.05) is 0 Å². The summed E-state index contributed by atoms with van der Waals surface area (Å²) in [6.45, 7) is 9.45. The molecule has 2 nitrogen and oxygen atoms in total. The number of hydrogen-bond acceptors (Lipinski definition) is 2. The lowest BCUT2D eigenvalue weighted by atomic mass is 10.0. The summed E-state index contributed by atoms with van der Waals surface area (Å²) in [5.74, 6) is 0. The Hall–Kier alpha value is -0.660. The second-order valence-electron chi connectivity index (χ2n) is 12.9. The van der Waals surface area contributed by atoms with Gasteiger partial charge in [-0.1, -0.05) is 181 Å². The topological polar surface area (TPSA) is 6.48 Å². The van der Waals surface area contributed by atoms with Crippen molar-refractivity contribution in [1.82, 2.24) is 9.80 Å². The van der Waals surface area contributed by atoms with E-state index in [1.54, 1.807) is 0 Å². The minimum absolute atomic E-state index is 0.641. The van der Waals surface area contributed by atoms with Crippen molar-refractivity contribution in [3.63, 3.8) is 0 Å². The number of rotatable bonds is 31. The molecular weight excluding hydrogens is 472 g/mol. The van der Waals surface area contributed by atoms with Gasteiger partial charge in [0.1, 0.15) is 6.17 Å². The third-order valence-corrected chi connectivity index (χ3v) is 9.07. The van der Waals surface area contributed by atoms with Crippen molar-refractivity contribution in [3.8, 4) is 0 Å². The fourth-order valence-corrected chi connectivity index (χ4v) is 6.34. The molecule has 2 heteroatoms. The third kappa shape index (κ3) is 21.7. The highest BCUT2D eigenvalue weighted by Gasteiger charge is 2.24. The molecule has 0 radical (unpaired) electrons. The van der Waals surface area contributed by atoms with E-state index in [1.165, 1.54) is 199 Å². The monoisotopic (exact) mass is 547 g/mol. The van der Waals surface area contributed by atoms with Crippen molar-refractivity contribution >= 4 is 0 Å². The van der Waals surface area contributed by atoms with Gasteiger partial charge in [-0.05, 0) is 25.7 Å². The zero-order valence-corrected chi connectivity index (χ0v) is 27.5. The van der Waals surface area contributed by atoms with Gasteiger partial charge < -0.3 is 9.80 Å². The van der Waals surface area contributed by atoms with Gasteiger partial charge in [0.2, 0.25) is 0 Å². The lowest BCUT2D eigenvalue weighted by Crippen LogP contribution is -2.39. The largest absolute Gasteiger partial charge is 0.356 e. The first-order chi connectivity index (χ1) is 19.3. The van der Waals surface area contributed by atoms with Crippen molar-refractivity contribution in [2.45, 2.75) is 213 Å². The van der Waals surface area contributed by atoms with Crippen LogP contribution >= 0.6 is 0 Å². The molecule has 1 aliphatic rings. The van der Waals surface area contributed by atoms with Gasteiger partial charge in [0, 0.05) is 25.5 Å². The van der Waals surface area contributed by atoms with E-state index < -0.39 is 0 Å². The normalized spacial score (nSPS) is 15.2. The van der Waals surface area contributed by atoms with Gasteiger partial charge in [-0.25, -0.2) is 0 Å². The van der Waals surface area contributed by atoms with Crippen LogP contribution in [-0.4, -0.2) is 29.1 Å². The summed E-state index contributed by atoms with van der Waals surface area (Å²) in [6, 6.07) is 0. The minimum Gasteiger partial charge on any atom is -0.356 e. The number of unbranched alkanes of at least 4 members (excludes halogenated alkanes) is 25. The van der Waals surface area contributed by atoms with Gasteiger partial charge >= 0.3 is 0 Å². The van der Waals surface area contributed by atoms with Crippen LogP contribution in [0.5, 0.6) is 0 Å². The molecule has 1 atom stereocenters. The van der Waals surface area contributed by atoms with Crippen LogP contribution in [0, 0.1) is 0 Å². The first kappa shape index (κ1) is 36.4. The Balaban J connectivity index is 2.04. The zero-order chi connectivity index (χ0) is 28.1. The standard InChI is InChI=1S/C37H74N2/c1-4-7-10-12-14-16-18-19-20-21-23-25-27-29-31-34-39-36-35-38(33-9-6-3)37(39)32-30-28-26-24-22-17-15-13-11-8-5-2/h35-37H,4-34H2,1-3H3. The molecule has 232 valence electrons. The molecule has 0 bridgehead atoms. The molecule has 0 aromatic rings. The van der Waals surface area contributed by atoms with E-state index in [4.69, 9.17) is 0 Å². The molecule has 0 saturated carbocycles. The summed E-state index contributed by atoms with van der Waals surface area (Å²) in [5.41, 5.74) is 0. The first-order valence-electron chi connectivity index (χ1n) is 18.5. The average Bonchev–Trinajstić information content (AvgIpc) is 3.33. The Morgan fingerprint density at radius 3 is 0.974 bits per heavy atom. The van der Waals surface area contributed by atoms with E-state index in [0.29, 0.717) is 6.17 Å². The molecule has 0 aliphatic carbocycles. The van der Waals surface area contributed by atoms with E-state index in [2.05, 4.69) is 43.0 Å². The lowest BCUT2D eigenvalue weighted by molar-refractivity contribution is 0.136. The second-order valence-corrected chi connectivity index (χ2v) is 12.9. The van der Waals surface area contributed by atoms with E-state index in [0.717, 1.165) is 0 Å². The summed E-state index contributed by atoms with van der Waals surface area (Å²) >= 11 is 0. The zero-order valence-electron chi connectivity index (χ0n) is 27.5. The predicted molar refractivity (Wildman–Crippen MR) is 177 cm³/mol. The molecule has 1 rings (SSSR count). The highest BCUT2D eigenvalue weighted by molar-refractivity contribution is 4.96. The highest BCUT2D eigenvalue weighted by Crippen LogP contribution is 2.23. The predicted octanol–water partition coefficient (Wildman–Crippen LogP) is 12.8. The number of hydrogen-bond donors (Lipinski definition) is 0. The van der Waals surface area contributed by atoms with Crippen LogP contribution < -0.4 is 0 Å². The molecule has 0 spiro atoms. The summed E-state index contributed by atoms with van der Waals surface area (Å²) in [6.07, 6.45) is 47.0. The maximum atomic E-state index is 2.69. The summed E-state index contributed by atoms with van der Waals surface area (Å²) < 4.78 is 0. The van der Waals surface area contributed by atoms with E-state index in [-0.39, 0.29) is 0 Å².